The molecule has 1 heterocycles. The Kier molecular flexibility index (Phi) is 4.72. The molecule has 0 fully saturated rings. The SMILES string of the molecule is CONC(=O)/C(C)=C/c1cc(C)c(-c2ccc3[nH]ccc3c2)cc1C. The summed E-state index contributed by atoms with van der Waals surface area (Å²) in [6.45, 7) is 5.93. The molecule has 0 aliphatic heterocycles. The summed E-state index contributed by atoms with van der Waals surface area (Å²) in [4.78, 5) is 19.7. The molecular formula is C21H22N2O2. The largest absolute Gasteiger partial charge is 0.361 e. The van der Waals surface area contributed by atoms with Gasteiger partial charge in [-0.25, -0.2) is 5.48 Å². The number of hydrogen-bond donors (Lipinski definition) is 2. The number of carbonyl (C=O) groups is 1. The van der Waals surface area contributed by atoms with Crippen LogP contribution in [0.3, 0.4) is 0 Å². The van der Waals surface area contributed by atoms with Gasteiger partial charge in [-0.15, -0.1) is 0 Å². The molecule has 0 unspecified atom stereocenters. The molecule has 0 radical (unpaired) electrons. The van der Waals surface area contributed by atoms with Gasteiger partial charge in [0.05, 0.1) is 7.11 Å². The van der Waals surface area contributed by atoms with Crippen LogP contribution in [-0.4, -0.2) is 18.0 Å². The zero-order valence-corrected chi connectivity index (χ0v) is 14.9. The Morgan fingerprint density at radius 2 is 1.92 bits per heavy atom. The molecule has 0 aliphatic carbocycles. The number of benzene rings is 2. The summed E-state index contributed by atoms with van der Waals surface area (Å²) >= 11 is 0. The number of aromatic amines is 1. The normalized spacial score (nSPS) is 11.8. The first kappa shape index (κ1) is 17.0. The van der Waals surface area contributed by atoms with Crippen molar-refractivity contribution < 1.29 is 9.63 Å². The van der Waals surface area contributed by atoms with E-state index in [2.05, 4.69) is 65.5 Å². The molecule has 3 aromatic rings. The van der Waals surface area contributed by atoms with Crippen molar-refractivity contribution in [3.05, 3.63) is 64.9 Å². The smallest absolute Gasteiger partial charge is 0.270 e. The highest BCUT2D eigenvalue weighted by atomic mass is 16.6. The van der Waals surface area contributed by atoms with Crippen LogP contribution in [0.2, 0.25) is 0 Å². The molecule has 3 rings (SSSR count). The zero-order valence-electron chi connectivity index (χ0n) is 14.9. The summed E-state index contributed by atoms with van der Waals surface area (Å²) in [5.41, 5.74) is 9.81. The first-order valence-corrected chi connectivity index (χ1v) is 8.20. The molecule has 1 amide bonds. The van der Waals surface area contributed by atoms with Gasteiger partial charge in [-0.3, -0.25) is 9.63 Å². The van der Waals surface area contributed by atoms with Crippen LogP contribution >= 0.6 is 0 Å². The molecule has 4 nitrogen and oxygen atoms in total. The van der Waals surface area contributed by atoms with Crippen molar-refractivity contribution in [2.24, 2.45) is 0 Å². The van der Waals surface area contributed by atoms with E-state index < -0.39 is 0 Å². The number of fused-ring (bicyclic) bond motifs is 1. The molecule has 0 atom stereocenters. The number of carbonyl (C=O) groups excluding carboxylic acids is 1. The first-order valence-electron chi connectivity index (χ1n) is 8.20. The third-order valence-electron chi connectivity index (χ3n) is 4.40. The number of hydrogen-bond acceptors (Lipinski definition) is 2. The molecule has 4 heteroatoms. The van der Waals surface area contributed by atoms with Crippen LogP contribution in [0, 0.1) is 13.8 Å². The fourth-order valence-electron chi connectivity index (χ4n) is 3.00. The minimum atomic E-state index is -0.235. The summed E-state index contributed by atoms with van der Waals surface area (Å²) in [6.07, 6.45) is 3.84. The fourth-order valence-corrected chi connectivity index (χ4v) is 3.00. The Balaban J connectivity index is 2.00. The van der Waals surface area contributed by atoms with Crippen molar-refractivity contribution in [2.75, 3.05) is 7.11 Å². The van der Waals surface area contributed by atoms with E-state index in [4.69, 9.17) is 0 Å². The van der Waals surface area contributed by atoms with Gasteiger partial charge in [-0.2, -0.15) is 0 Å². The lowest BCUT2D eigenvalue weighted by molar-refractivity contribution is -0.127. The van der Waals surface area contributed by atoms with Gasteiger partial charge in [-0.05, 0) is 78.2 Å². The first-order chi connectivity index (χ1) is 12.0. The molecule has 0 saturated heterocycles. The maximum atomic E-state index is 11.8. The van der Waals surface area contributed by atoms with Gasteiger partial charge < -0.3 is 4.98 Å². The molecule has 25 heavy (non-hydrogen) atoms. The van der Waals surface area contributed by atoms with E-state index in [1.54, 1.807) is 6.92 Å². The molecule has 0 aliphatic rings. The average Bonchev–Trinajstić information content (AvgIpc) is 3.05. The number of hydroxylamine groups is 1. The van der Waals surface area contributed by atoms with Crippen molar-refractivity contribution >= 4 is 22.9 Å². The second-order valence-corrected chi connectivity index (χ2v) is 6.27. The van der Waals surface area contributed by atoms with Crippen LogP contribution in [0.1, 0.15) is 23.6 Å². The standard InChI is InChI=1S/C21H22N2O2/c1-13-11-19(16-5-6-20-17(12-16)7-8-22-20)14(2)9-18(13)10-15(3)21(24)23-25-4/h5-12,22H,1-4H3,(H,23,24)/b15-10+. The van der Waals surface area contributed by atoms with Gasteiger partial charge >= 0.3 is 0 Å². The van der Waals surface area contributed by atoms with E-state index in [-0.39, 0.29) is 5.91 Å². The van der Waals surface area contributed by atoms with Gasteiger partial charge in [0.2, 0.25) is 0 Å². The van der Waals surface area contributed by atoms with Gasteiger partial charge in [0.25, 0.3) is 5.91 Å². The molecule has 2 aromatic carbocycles. The maximum absolute atomic E-state index is 11.8. The number of rotatable bonds is 4. The van der Waals surface area contributed by atoms with Crippen LogP contribution in [0.5, 0.6) is 0 Å². The average molecular weight is 334 g/mol. The fraction of sp³-hybridized carbons (Fsp3) is 0.190. The van der Waals surface area contributed by atoms with E-state index in [1.165, 1.54) is 29.2 Å². The van der Waals surface area contributed by atoms with Crippen LogP contribution in [-0.2, 0) is 9.63 Å². The van der Waals surface area contributed by atoms with Crippen LogP contribution < -0.4 is 5.48 Å². The summed E-state index contributed by atoms with van der Waals surface area (Å²) in [7, 11) is 1.43. The highest BCUT2D eigenvalue weighted by molar-refractivity contribution is 5.97. The van der Waals surface area contributed by atoms with E-state index in [0.29, 0.717) is 5.57 Å². The number of aromatic nitrogens is 1. The van der Waals surface area contributed by atoms with E-state index in [0.717, 1.165) is 16.6 Å². The second-order valence-electron chi connectivity index (χ2n) is 6.27. The van der Waals surface area contributed by atoms with Gasteiger partial charge in [0.1, 0.15) is 0 Å². The van der Waals surface area contributed by atoms with Gasteiger partial charge in [0, 0.05) is 17.3 Å². The second kappa shape index (κ2) is 6.95. The monoisotopic (exact) mass is 334 g/mol. The Labute approximate surface area is 147 Å². The van der Waals surface area contributed by atoms with Gasteiger partial charge in [-0.1, -0.05) is 18.2 Å². The summed E-state index contributed by atoms with van der Waals surface area (Å²) < 4.78 is 0. The molecule has 0 bridgehead atoms. The maximum Gasteiger partial charge on any atom is 0.270 e. The zero-order chi connectivity index (χ0) is 18.0. The minimum absolute atomic E-state index is 0.235. The van der Waals surface area contributed by atoms with Crippen molar-refractivity contribution in [1.29, 1.82) is 0 Å². The Morgan fingerprint density at radius 3 is 2.68 bits per heavy atom. The van der Waals surface area contributed by atoms with Crippen molar-refractivity contribution in [2.45, 2.75) is 20.8 Å². The lowest BCUT2D eigenvalue weighted by atomic mass is 9.93. The lowest BCUT2D eigenvalue weighted by Crippen LogP contribution is -2.22. The Hall–Kier alpha value is -2.85. The molecule has 2 N–H and O–H groups in total. The lowest BCUT2D eigenvalue weighted by Gasteiger charge is -2.12. The van der Waals surface area contributed by atoms with Gasteiger partial charge in [0.15, 0.2) is 0 Å². The predicted octanol–water partition coefficient (Wildman–Crippen LogP) is 4.53. The summed E-state index contributed by atoms with van der Waals surface area (Å²) in [5, 5.41) is 1.20. The Morgan fingerprint density at radius 1 is 1.12 bits per heavy atom. The van der Waals surface area contributed by atoms with Crippen molar-refractivity contribution in [3.63, 3.8) is 0 Å². The quantitative estimate of drug-likeness (QED) is 0.544. The predicted molar refractivity (Wildman–Crippen MR) is 102 cm³/mol. The van der Waals surface area contributed by atoms with Crippen LogP contribution in [0.4, 0.5) is 0 Å². The van der Waals surface area contributed by atoms with Crippen molar-refractivity contribution in [3.8, 4) is 11.1 Å². The third-order valence-corrected chi connectivity index (χ3v) is 4.40. The van der Waals surface area contributed by atoms with E-state index in [9.17, 15) is 4.79 Å². The Bertz CT molecular complexity index is 967. The molecule has 1 aromatic heterocycles. The molecule has 0 saturated carbocycles. The number of amides is 1. The highest BCUT2D eigenvalue weighted by Crippen LogP contribution is 2.29. The summed E-state index contributed by atoms with van der Waals surface area (Å²) in [6, 6.07) is 12.8. The minimum Gasteiger partial charge on any atom is -0.361 e. The van der Waals surface area contributed by atoms with Crippen molar-refractivity contribution in [1.82, 2.24) is 10.5 Å². The molecule has 128 valence electrons. The number of aryl methyl sites for hydroxylation is 2. The topological polar surface area (TPSA) is 54.1 Å². The third kappa shape index (κ3) is 3.49. The number of nitrogens with one attached hydrogen (secondary N) is 2. The van der Waals surface area contributed by atoms with Crippen LogP contribution in [0.15, 0.2) is 48.2 Å². The van der Waals surface area contributed by atoms with Crippen LogP contribution in [0.25, 0.3) is 28.1 Å². The summed E-state index contributed by atoms with van der Waals surface area (Å²) in [5.74, 6) is -0.235. The number of H-pyrrole nitrogens is 1. The van der Waals surface area contributed by atoms with E-state index in [1.807, 2.05) is 12.3 Å². The molecule has 0 spiro atoms. The molecular weight excluding hydrogens is 312 g/mol. The van der Waals surface area contributed by atoms with E-state index >= 15 is 0 Å². The highest BCUT2D eigenvalue weighted by Gasteiger charge is 2.09.